The highest BCUT2D eigenvalue weighted by Crippen LogP contribution is 2.40. The Labute approximate surface area is 120 Å². The molecule has 0 spiro atoms. The lowest BCUT2D eigenvalue weighted by atomic mass is 10.5. The molecule has 0 atom stereocenters. The summed E-state index contributed by atoms with van der Waals surface area (Å²) in [6.07, 6.45) is 1.51. The fourth-order valence-corrected chi connectivity index (χ4v) is 4.96. The van der Waals surface area contributed by atoms with Crippen LogP contribution in [0.25, 0.3) is 0 Å². The maximum absolute atomic E-state index is 12.5. The number of anilines is 1. The first-order chi connectivity index (χ1) is 9.41. The molecule has 1 aliphatic carbocycles. The van der Waals surface area contributed by atoms with Gasteiger partial charge in [-0.15, -0.1) is 0 Å². The maximum Gasteiger partial charge on any atom is 0.304 e. The van der Waals surface area contributed by atoms with Crippen LogP contribution in [0.15, 0.2) is 10.3 Å². The fraction of sp³-hybridized carbons (Fsp3) is 0.600. The third kappa shape index (κ3) is 2.77. The summed E-state index contributed by atoms with van der Waals surface area (Å²) in [4.78, 5) is 10.3. The van der Waals surface area contributed by atoms with Gasteiger partial charge in [0.2, 0.25) is 0 Å². The number of hydrogen-bond donors (Lipinski definition) is 2. The van der Waals surface area contributed by atoms with Gasteiger partial charge in [0.1, 0.15) is 4.21 Å². The lowest BCUT2D eigenvalue weighted by Gasteiger charge is -2.19. The smallest absolute Gasteiger partial charge is 0.304 e. The molecular formula is C10H15N3O5S2. The summed E-state index contributed by atoms with van der Waals surface area (Å²) in [5.41, 5.74) is -0.254. The van der Waals surface area contributed by atoms with Crippen LogP contribution in [0.2, 0.25) is 0 Å². The molecule has 1 aromatic heterocycles. The molecule has 112 valence electrons. The molecule has 10 heteroatoms. The minimum atomic E-state index is -3.80. The van der Waals surface area contributed by atoms with Crippen molar-refractivity contribution in [1.82, 2.24) is 4.31 Å². The second kappa shape index (κ2) is 5.64. The van der Waals surface area contributed by atoms with Gasteiger partial charge >= 0.3 is 5.69 Å². The largest absolute Gasteiger partial charge is 0.395 e. The van der Waals surface area contributed by atoms with E-state index in [1.165, 1.54) is 11.4 Å². The molecule has 0 radical (unpaired) electrons. The van der Waals surface area contributed by atoms with Crippen LogP contribution in [0.3, 0.4) is 0 Å². The molecule has 1 saturated carbocycles. The molecule has 1 fully saturated rings. The van der Waals surface area contributed by atoms with Gasteiger partial charge in [-0.05, 0) is 12.8 Å². The predicted molar refractivity (Wildman–Crippen MR) is 74.5 cm³/mol. The molecule has 1 heterocycles. The van der Waals surface area contributed by atoms with Gasteiger partial charge < -0.3 is 10.4 Å². The van der Waals surface area contributed by atoms with Crippen molar-refractivity contribution in [2.45, 2.75) is 23.1 Å². The molecule has 0 saturated heterocycles. The molecule has 2 N–H and O–H groups in total. The summed E-state index contributed by atoms with van der Waals surface area (Å²) in [6.45, 7) is -0.268. The highest BCUT2D eigenvalue weighted by atomic mass is 32.2. The second-order valence-electron chi connectivity index (χ2n) is 4.36. The molecule has 2 rings (SSSR count). The van der Waals surface area contributed by atoms with Gasteiger partial charge in [0.15, 0.2) is 5.00 Å². The minimum absolute atomic E-state index is 0.00752. The summed E-state index contributed by atoms with van der Waals surface area (Å²) in [5, 5.41) is 22.7. The van der Waals surface area contributed by atoms with E-state index >= 15 is 0 Å². The normalized spacial score (nSPS) is 15.6. The zero-order chi connectivity index (χ0) is 14.9. The van der Waals surface area contributed by atoms with E-state index in [9.17, 15) is 18.5 Å². The predicted octanol–water partition coefficient (Wildman–Crippen LogP) is 0.843. The number of aliphatic hydroxyl groups excluding tert-OH is 1. The number of thiophene rings is 1. The van der Waals surface area contributed by atoms with Crippen LogP contribution in [-0.2, 0) is 10.0 Å². The quantitative estimate of drug-likeness (QED) is 0.568. The monoisotopic (exact) mass is 321 g/mol. The summed E-state index contributed by atoms with van der Waals surface area (Å²) < 4.78 is 26.1. The van der Waals surface area contributed by atoms with Crippen LogP contribution in [0.5, 0.6) is 0 Å². The molecule has 0 amide bonds. The molecule has 0 aromatic carbocycles. The number of rotatable bonds is 7. The van der Waals surface area contributed by atoms with E-state index in [2.05, 4.69) is 5.32 Å². The van der Waals surface area contributed by atoms with E-state index in [1.807, 2.05) is 0 Å². The Morgan fingerprint density at radius 2 is 2.25 bits per heavy atom. The van der Waals surface area contributed by atoms with Gasteiger partial charge in [-0.2, -0.15) is 4.31 Å². The molecule has 1 aliphatic rings. The summed E-state index contributed by atoms with van der Waals surface area (Å²) in [7, 11) is -2.30. The average molecular weight is 321 g/mol. The van der Waals surface area contributed by atoms with Crippen LogP contribution < -0.4 is 5.32 Å². The number of nitrogens with one attached hydrogen (secondary N) is 1. The van der Waals surface area contributed by atoms with Crippen molar-refractivity contribution in [2.75, 3.05) is 25.5 Å². The van der Waals surface area contributed by atoms with Gasteiger partial charge in [0, 0.05) is 25.7 Å². The van der Waals surface area contributed by atoms with Crippen LogP contribution in [0.1, 0.15) is 12.8 Å². The first-order valence-corrected chi connectivity index (χ1v) is 8.26. The van der Waals surface area contributed by atoms with Crippen molar-refractivity contribution in [3.63, 3.8) is 0 Å². The highest BCUT2D eigenvalue weighted by molar-refractivity contribution is 7.91. The molecule has 0 aliphatic heterocycles. The van der Waals surface area contributed by atoms with Crippen LogP contribution in [0, 0.1) is 10.1 Å². The van der Waals surface area contributed by atoms with Crippen molar-refractivity contribution < 1.29 is 18.4 Å². The van der Waals surface area contributed by atoms with Crippen molar-refractivity contribution in [3.05, 3.63) is 16.2 Å². The van der Waals surface area contributed by atoms with Gasteiger partial charge in [0.05, 0.1) is 11.5 Å². The van der Waals surface area contributed by atoms with Gasteiger partial charge in [-0.25, -0.2) is 8.42 Å². The fourth-order valence-electron chi connectivity index (χ4n) is 1.88. The zero-order valence-electron chi connectivity index (χ0n) is 10.8. The molecular weight excluding hydrogens is 306 g/mol. The van der Waals surface area contributed by atoms with E-state index in [0.717, 1.165) is 30.2 Å². The van der Waals surface area contributed by atoms with E-state index in [-0.39, 0.29) is 34.1 Å². The van der Waals surface area contributed by atoms with E-state index in [4.69, 9.17) is 5.11 Å². The average Bonchev–Trinajstić information content (AvgIpc) is 3.11. The number of aliphatic hydroxyl groups is 1. The van der Waals surface area contributed by atoms with Crippen LogP contribution >= 0.6 is 11.3 Å². The Morgan fingerprint density at radius 1 is 1.60 bits per heavy atom. The van der Waals surface area contributed by atoms with Crippen molar-refractivity contribution in [2.24, 2.45) is 0 Å². The molecule has 0 unspecified atom stereocenters. The van der Waals surface area contributed by atoms with E-state index in [1.54, 1.807) is 0 Å². The summed E-state index contributed by atoms with van der Waals surface area (Å²) >= 11 is 0.830. The molecule has 8 nitrogen and oxygen atoms in total. The Balaban J connectivity index is 2.40. The SMILES string of the molecule is CNc1sc(S(=O)(=O)N(CCO)C2CC2)cc1[N+](=O)[O-]. The summed E-state index contributed by atoms with van der Waals surface area (Å²) in [6, 6.07) is 0.963. The number of nitrogens with zero attached hydrogens (tertiary/aromatic N) is 2. The zero-order valence-corrected chi connectivity index (χ0v) is 12.4. The molecule has 0 bridgehead atoms. The topological polar surface area (TPSA) is 113 Å². The lowest BCUT2D eigenvalue weighted by molar-refractivity contribution is -0.383. The first-order valence-electron chi connectivity index (χ1n) is 6.00. The van der Waals surface area contributed by atoms with Crippen molar-refractivity contribution in [1.29, 1.82) is 0 Å². The van der Waals surface area contributed by atoms with Gasteiger partial charge in [0.25, 0.3) is 10.0 Å². The first kappa shape index (κ1) is 15.2. The van der Waals surface area contributed by atoms with Gasteiger partial charge in [-0.1, -0.05) is 11.3 Å². The van der Waals surface area contributed by atoms with E-state index in [0.29, 0.717) is 0 Å². The van der Waals surface area contributed by atoms with Crippen molar-refractivity contribution >= 4 is 32.0 Å². The maximum atomic E-state index is 12.5. The minimum Gasteiger partial charge on any atom is -0.395 e. The standard InChI is InChI=1S/C10H15N3O5S2/c1-11-10-8(13(15)16)6-9(19-10)20(17,18)12(4-5-14)7-2-3-7/h6-7,11,14H,2-5H2,1H3. The number of sulfonamides is 1. The van der Waals surface area contributed by atoms with Crippen LogP contribution in [-0.4, -0.2) is 49.0 Å². The van der Waals surface area contributed by atoms with Crippen LogP contribution in [0.4, 0.5) is 10.7 Å². The Bertz CT molecular complexity index is 608. The molecule has 1 aromatic rings. The summed E-state index contributed by atoms with van der Waals surface area (Å²) in [5.74, 6) is 0. The number of hydrogen-bond acceptors (Lipinski definition) is 7. The third-order valence-corrected chi connectivity index (χ3v) is 6.49. The van der Waals surface area contributed by atoms with Crippen molar-refractivity contribution in [3.8, 4) is 0 Å². The number of nitro groups is 1. The Hall–Kier alpha value is -1.23. The highest BCUT2D eigenvalue weighted by Gasteiger charge is 2.39. The Kier molecular flexibility index (Phi) is 4.28. The van der Waals surface area contributed by atoms with Gasteiger partial charge in [-0.3, -0.25) is 10.1 Å². The molecule has 20 heavy (non-hydrogen) atoms. The van der Waals surface area contributed by atoms with E-state index < -0.39 is 14.9 Å². The lowest BCUT2D eigenvalue weighted by Crippen LogP contribution is -2.35. The Morgan fingerprint density at radius 3 is 2.65 bits per heavy atom. The third-order valence-electron chi connectivity index (χ3n) is 2.95. The second-order valence-corrected chi connectivity index (χ2v) is 7.53.